The predicted octanol–water partition coefficient (Wildman–Crippen LogP) is 11.8. The van der Waals surface area contributed by atoms with Crippen LogP contribution in [0.5, 0.6) is 0 Å². The Hall–Kier alpha value is -6.27. The van der Waals surface area contributed by atoms with Gasteiger partial charge in [0, 0.05) is 15.9 Å². The van der Waals surface area contributed by atoms with Gasteiger partial charge in [0.1, 0.15) is 0 Å². The van der Waals surface area contributed by atoms with Crippen molar-refractivity contribution in [3.05, 3.63) is 235 Å². The van der Waals surface area contributed by atoms with Crippen LogP contribution in [0.25, 0.3) is 43.1 Å². The van der Waals surface area contributed by atoms with Crippen LogP contribution in [-0.4, -0.2) is 0 Å². The molecule has 0 fully saturated rings. The molecule has 0 aliphatic carbocycles. The number of benzene rings is 10. The Morgan fingerprint density at radius 2 is 0.698 bits per heavy atom. The number of hydrogen-bond acceptors (Lipinski definition) is 1. The molecule has 250 valence electrons. The summed E-state index contributed by atoms with van der Waals surface area (Å²) in [6.07, 6.45) is 0. The predicted molar refractivity (Wildman–Crippen MR) is 225 cm³/mol. The molecular formula is C51H35OP. The van der Waals surface area contributed by atoms with E-state index in [1.807, 2.05) is 60.7 Å². The van der Waals surface area contributed by atoms with E-state index in [1.165, 1.54) is 59.8 Å². The molecule has 0 aliphatic rings. The average Bonchev–Trinajstić information content (AvgIpc) is 3.24. The molecule has 53 heavy (non-hydrogen) atoms. The summed E-state index contributed by atoms with van der Waals surface area (Å²) in [6, 6.07) is 75.2. The van der Waals surface area contributed by atoms with E-state index >= 15 is 4.57 Å². The Morgan fingerprint density at radius 3 is 1.21 bits per heavy atom. The van der Waals surface area contributed by atoms with Gasteiger partial charge in [-0.2, -0.15) is 0 Å². The number of fused-ring (bicyclic) bond motifs is 2. The average molecular weight is 695 g/mol. The van der Waals surface area contributed by atoms with E-state index in [0.29, 0.717) is 0 Å². The maximum Gasteiger partial charge on any atom is 0.171 e. The Kier molecular flexibility index (Phi) is 7.39. The third kappa shape index (κ3) is 4.75. The summed E-state index contributed by atoms with van der Waals surface area (Å²) < 4.78 is 15.4. The van der Waals surface area contributed by atoms with Crippen LogP contribution >= 0.6 is 7.14 Å². The molecule has 2 heteroatoms. The van der Waals surface area contributed by atoms with Crippen molar-refractivity contribution in [1.29, 1.82) is 0 Å². The van der Waals surface area contributed by atoms with Crippen molar-refractivity contribution in [2.75, 3.05) is 0 Å². The minimum atomic E-state index is -3.16. The fourth-order valence-electron chi connectivity index (χ4n) is 8.89. The van der Waals surface area contributed by atoms with Gasteiger partial charge in [0.05, 0.1) is 5.41 Å². The third-order valence-electron chi connectivity index (χ3n) is 11.2. The van der Waals surface area contributed by atoms with Gasteiger partial charge in [-0.3, -0.25) is 0 Å². The van der Waals surface area contributed by atoms with Gasteiger partial charge in [-0.1, -0.05) is 200 Å². The first kappa shape index (κ1) is 31.5. The van der Waals surface area contributed by atoms with Crippen LogP contribution in [0.15, 0.2) is 212 Å². The van der Waals surface area contributed by atoms with E-state index in [1.54, 1.807) is 0 Å². The van der Waals surface area contributed by atoms with Gasteiger partial charge in [0.2, 0.25) is 0 Å². The zero-order valence-corrected chi connectivity index (χ0v) is 30.0. The molecule has 1 nitrogen and oxygen atoms in total. The molecule has 10 aromatic rings. The van der Waals surface area contributed by atoms with Crippen molar-refractivity contribution in [3.8, 4) is 0 Å². The summed E-state index contributed by atoms with van der Waals surface area (Å²) >= 11 is 0. The Bertz CT molecular complexity index is 2850. The summed E-state index contributed by atoms with van der Waals surface area (Å²) in [6.45, 7) is 0. The summed E-state index contributed by atoms with van der Waals surface area (Å²) in [5.41, 5.74) is 3.96. The van der Waals surface area contributed by atoms with Gasteiger partial charge in [0.25, 0.3) is 0 Å². The van der Waals surface area contributed by atoms with Gasteiger partial charge < -0.3 is 4.57 Å². The standard InChI is InChI=1S/C51H35OP/c52-53(42-23-9-3-10-24-42,43-25-11-4-12-26-43)44-32-30-40(31-33-44)51(38-19-5-1-6-20-38,39-21-7-2-8-22-39)41-34-37-18-15-28-46-45-27-13-16-36-17-14-29-47(49(36)45)48(35-41)50(37)46/h1-35H. The monoisotopic (exact) mass is 694 g/mol. The highest BCUT2D eigenvalue weighted by atomic mass is 31.2. The highest BCUT2D eigenvalue weighted by Crippen LogP contribution is 2.50. The zero-order chi connectivity index (χ0) is 35.4. The van der Waals surface area contributed by atoms with Gasteiger partial charge in [-0.05, 0) is 77.5 Å². The highest BCUT2D eigenvalue weighted by Gasteiger charge is 2.40. The number of rotatable bonds is 7. The van der Waals surface area contributed by atoms with Crippen LogP contribution < -0.4 is 15.9 Å². The van der Waals surface area contributed by atoms with Gasteiger partial charge in [0.15, 0.2) is 7.14 Å². The van der Waals surface area contributed by atoms with Crippen LogP contribution in [0.2, 0.25) is 0 Å². The van der Waals surface area contributed by atoms with Gasteiger partial charge in [-0.25, -0.2) is 0 Å². The molecule has 0 amide bonds. The first-order valence-corrected chi connectivity index (χ1v) is 19.9. The quantitative estimate of drug-likeness (QED) is 0.0702. The first-order valence-electron chi connectivity index (χ1n) is 18.2. The summed E-state index contributed by atoms with van der Waals surface area (Å²) in [5, 5.41) is 12.6. The van der Waals surface area contributed by atoms with Crippen molar-refractivity contribution in [1.82, 2.24) is 0 Å². The van der Waals surface area contributed by atoms with E-state index in [-0.39, 0.29) is 0 Å². The lowest BCUT2D eigenvalue weighted by Crippen LogP contribution is -2.32. The largest absolute Gasteiger partial charge is 0.309 e. The molecule has 0 bridgehead atoms. The Labute approximate surface area is 309 Å². The van der Waals surface area contributed by atoms with Gasteiger partial charge in [-0.15, -0.1) is 0 Å². The second-order valence-corrected chi connectivity index (χ2v) is 16.7. The maximum absolute atomic E-state index is 15.4. The second-order valence-electron chi connectivity index (χ2n) is 13.9. The van der Waals surface area contributed by atoms with E-state index in [9.17, 15) is 0 Å². The lowest BCUT2D eigenvalue weighted by atomic mass is 9.64. The number of hydrogen-bond donors (Lipinski definition) is 0. The van der Waals surface area contributed by atoms with Crippen molar-refractivity contribution in [2.24, 2.45) is 0 Å². The smallest absolute Gasteiger partial charge is 0.171 e. The molecule has 0 heterocycles. The fourth-order valence-corrected chi connectivity index (χ4v) is 11.5. The topological polar surface area (TPSA) is 17.1 Å². The van der Waals surface area contributed by atoms with Crippen molar-refractivity contribution in [3.63, 3.8) is 0 Å². The molecule has 0 aliphatic heterocycles. The van der Waals surface area contributed by atoms with E-state index in [0.717, 1.165) is 21.5 Å². The van der Waals surface area contributed by atoms with E-state index in [4.69, 9.17) is 0 Å². The molecular weight excluding hydrogens is 660 g/mol. The minimum Gasteiger partial charge on any atom is -0.309 e. The maximum atomic E-state index is 15.4. The molecule has 0 spiro atoms. The molecule has 0 atom stereocenters. The first-order chi connectivity index (χ1) is 26.2. The molecule has 0 saturated heterocycles. The van der Waals surface area contributed by atoms with Crippen LogP contribution in [0.1, 0.15) is 22.3 Å². The molecule has 10 rings (SSSR count). The Balaban J connectivity index is 1.30. The lowest BCUT2D eigenvalue weighted by Gasteiger charge is -2.37. The third-order valence-corrected chi connectivity index (χ3v) is 14.3. The Morgan fingerprint density at radius 1 is 0.302 bits per heavy atom. The zero-order valence-electron chi connectivity index (χ0n) is 29.1. The van der Waals surface area contributed by atoms with Crippen LogP contribution in [0.3, 0.4) is 0 Å². The van der Waals surface area contributed by atoms with Crippen molar-refractivity contribution < 1.29 is 4.57 Å². The van der Waals surface area contributed by atoms with Crippen LogP contribution in [0, 0.1) is 0 Å². The summed E-state index contributed by atoms with van der Waals surface area (Å²) in [5.74, 6) is 0. The van der Waals surface area contributed by atoms with Gasteiger partial charge >= 0.3 is 0 Å². The normalized spacial score (nSPS) is 12.2. The molecule has 0 unspecified atom stereocenters. The lowest BCUT2D eigenvalue weighted by molar-refractivity contribution is 0.592. The minimum absolute atomic E-state index is 0.684. The molecule has 10 aromatic carbocycles. The SMILES string of the molecule is O=P(c1ccccc1)(c1ccccc1)c1ccc(C(c2ccccc2)(c2ccccc2)c2cc3cccc4c5cccc6cccc(c(c2)c34)c65)cc1. The van der Waals surface area contributed by atoms with E-state index < -0.39 is 12.6 Å². The van der Waals surface area contributed by atoms with Crippen LogP contribution in [-0.2, 0) is 9.98 Å². The molecule has 0 saturated carbocycles. The molecule has 0 N–H and O–H groups in total. The summed E-state index contributed by atoms with van der Waals surface area (Å²) in [4.78, 5) is 0. The van der Waals surface area contributed by atoms with Crippen LogP contribution in [0.4, 0.5) is 0 Å². The fraction of sp³-hybridized carbons (Fsp3) is 0.0196. The molecule has 0 radical (unpaired) electrons. The van der Waals surface area contributed by atoms with E-state index in [2.05, 4.69) is 152 Å². The molecule has 0 aromatic heterocycles. The second kappa shape index (κ2) is 12.4. The van der Waals surface area contributed by atoms with Crippen molar-refractivity contribution >= 4 is 66.1 Å². The highest BCUT2D eigenvalue weighted by molar-refractivity contribution is 7.85. The van der Waals surface area contributed by atoms with Crippen molar-refractivity contribution in [2.45, 2.75) is 5.41 Å². The summed E-state index contributed by atoms with van der Waals surface area (Å²) in [7, 11) is -3.16.